The second-order valence-electron chi connectivity index (χ2n) is 8.67. The van der Waals surface area contributed by atoms with Gasteiger partial charge in [-0.05, 0) is 54.8 Å². The van der Waals surface area contributed by atoms with E-state index in [1.807, 2.05) is 0 Å². The van der Waals surface area contributed by atoms with Crippen molar-refractivity contribution in [3.8, 4) is 11.1 Å². The van der Waals surface area contributed by atoms with Crippen molar-refractivity contribution in [1.29, 1.82) is 0 Å². The first-order valence-corrected chi connectivity index (χ1v) is 11.4. The fourth-order valence-electron chi connectivity index (χ4n) is 4.37. The maximum atomic E-state index is 15.1. The predicted octanol–water partition coefficient (Wildman–Crippen LogP) is 6.42. The van der Waals surface area contributed by atoms with Crippen molar-refractivity contribution in [3.63, 3.8) is 0 Å². The molecule has 1 aliphatic carbocycles. The van der Waals surface area contributed by atoms with E-state index < -0.39 is 41.8 Å². The van der Waals surface area contributed by atoms with Gasteiger partial charge >= 0.3 is 18.2 Å². The molecular weight excluding hydrogens is 494 g/mol. The summed E-state index contributed by atoms with van der Waals surface area (Å²) >= 11 is 0. The Balaban J connectivity index is 1.44. The van der Waals surface area contributed by atoms with Crippen LogP contribution >= 0.6 is 0 Å². The Kier molecular flexibility index (Phi) is 7.44. The predicted molar refractivity (Wildman–Crippen MR) is 127 cm³/mol. The number of anilines is 2. The molecule has 0 unspecified atom stereocenters. The molecule has 3 N–H and O–H groups in total. The summed E-state index contributed by atoms with van der Waals surface area (Å²) in [6.45, 7) is -0.469. The Bertz CT molecular complexity index is 1290. The van der Waals surface area contributed by atoms with Gasteiger partial charge in [0.15, 0.2) is 0 Å². The number of rotatable bonds is 7. The van der Waals surface area contributed by atoms with Crippen molar-refractivity contribution >= 4 is 23.5 Å². The summed E-state index contributed by atoms with van der Waals surface area (Å²) in [6, 6.07) is 11.0. The summed E-state index contributed by atoms with van der Waals surface area (Å²) in [5.74, 6) is -1.52. The third-order valence-electron chi connectivity index (χ3n) is 6.14. The molecule has 0 bridgehead atoms. The number of benzene rings is 2. The molecule has 11 heteroatoms. The lowest BCUT2D eigenvalue weighted by Gasteiger charge is -2.29. The van der Waals surface area contributed by atoms with Crippen molar-refractivity contribution in [2.75, 3.05) is 17.2 Å². The first-order valence-electron chi connectivity index (χ1n) is 11.4. The normalized spacial score (nSPS) is 14.8. The standard InChI is InChI=1S/C26H23F4N3O4/c27-21-13-17(25(10-1-2-11-25)37-15-23(34)35)7-8-20(21)16-6-9-22(31-14-16)33-24(36)32-19-5-3-4-18(12-19)26(28,29)30/h3-9,12-14H,1-2,10-11,15H2,(H,34,35)(H2,31,32,33,36). The minimum absolute atomic E-state index is 0.0431. The highest BCUT2D eigenvalue weighted by Gasteiger charge is 2.38. The van der Waals surface area contributed by atoms with Crippen LogP contribution in [0.15, 0.2) is 60.8 Å². The number of aliphatic carboxylic acids is 1. The minimum Gasteiger partial charge on any atom is -0.480 e. The first-order chi connectivity index (χ1) is 17.6. The molecule has 0 aliphatic heterocycles. The van der Waals surface area contributed by atoms with Gasteiger partial charge in [0.2, 0.25) is 0 Å². The van der Waals surface area contributed by atoms with Gasteiger partial charge in [0, 0.05) is 23.0 Å². The number of hydrogen-bond acceptors (Lipinski definition) is 4. The highest BCUT2D eigenvalue weighted by atomic mass is 19.4. The number of alkyl halides is 3. The Morgan fingerprint density at radius 3 is 2.41 bits per heavy atom. The van der Waals surface area contributed by atoms with Crippen LogP contribution in [-0.4, -0.2) is 28.7 Å². The lowest BCUT2D eigenvalue weighted by atomic mass is 9.90. The van der Waals surface area contributed by atoms with Crippen molar-refractivity contribution in [1.82, 2.24) is 4.98 Å². The first kappa shape index (κ1) is 26.1. The van der Waals surface area contributed by atoms with E-state index in [0.29, 0.717) is 24.0 Å². The van der Waals surface area contributed by atoms with Crippen LogP contribution in [0.3, 0.4) is 0 Å². The molecule has 3 aromatic rings. The van der Waals surface area contributed by atoms with E-state index in [1.54, 1.807) is 12.1 Å². The lowest BCUT2D eigenvalue weighted by molar-refractivity contribution is -0.150. The van der Waals surface area contributed by atoms with Gasteiger partial charge in [-0.25, -0.2) is 19.0 Å². The van der Waals surface area contributed by atoms with E-state index in [1.165, 1.54) is 36.5 Å². The molecule has 1 aromatic heterocycles. The molecule has 1 fully saturated rings. The monoisotopic (exact) mass is 517 g/mol. The zero-order valence-corrected chi connectivity index (χ0v) is 19.4. The zero-order valence-electron chi connectivity index (χ0n) is 19.4. The average Bonchev–Trinajstić information content (AvgIpc) is 3.33. The van der Waals surface area contributed by atoms with E-state index in [9.17, 15) is 22.8 Å². The Morgan fingerprint density at radius 2 is 1.78 bits per heavy atom. The molecule has 0 radical (unpaired) electrons. The number of nitrogens with zero attached hydrogens (tertiary/aromatic N) is 1. The molecule has 1 heterocycles. The molecule has 4 rings (SSSR count). The van der Waals surface area contributed by atoms with Crippen LogP contribution in [-0.2, 0) is 21.3 Å². The van der Waals surface area contributed by atoms with Crippen molar-refractivity contribution < 1.29 is 37.0 Å². The number of nitrogens with one attached hydrogen (secondary N) is 2. The van der Waals surface area contributed by atoms with Crippen molar-refractivity contribution in [2.45, 2.75) is 37.5 Å². The Morgan fingerprint density at radius 1 is 1.03 bits per heavy atom. The summed E-state index contributed by atoms with van der Waals surface area (Å²) in [7, 11) is 0. The van der Waals surface area contributed by atoms with Crippen LogP contribution in [0.4, 0.5) is 33.9 Å². The summed E-state index contributed by atoms with van der Waals surface area (Å²) in [5.41, 5.74) is -0.518. The zero-order chi connectivity index (χ0) is 26.6. The molecule has 2 amide bonds. The van der Waals surface area contributed by atoms with Crippen LogP contribution < -0.4 is 10.6 Å². The lowest BCUT2D eigenvalue weighted by Crippen LogP contribution is -2.29. The summed E-state index contributed by atoms with van der Waals surface area (Å²) < 4.78 is 59.3. The molecule has 0 saturated heterocycles. The van der Waals surface area contributed by atoms with E-state index in [0.717, 1.165) is 25.0 Å². The van der Waals surface area contributed by atoms with E-state index in [2.05, 4.69) is 15.6 Å². The molecule has 0 spiro atoms. The van der Waals surface area contributed by atoms with Crippen molar-refractivity contribution in [2.24, 2.45) is 0 Å². The highest BCUT2D eigenvalue weighted by Crippen LogP contribution is 2.43. The molecule has 0 atom stereocenters. The molecule has 1 aliphatic rings. The van der Waals surface area contributed by atoms with Crippen LogP contribution in [0.1, 0.15) is 36.8 Å². The largest absolute Gasteiger partial charge is 0.480 e. The van der Waals surface area contributed by atoms with E-state index in [-0.39, 0.29) is 17.1 Å². The van der Waals surface area contributed by atoms with Crippen LogP contribution in [0.2, 0.25) is 0 Å². The van der Waals surface area contributed by atoms with Gasteiger partial charge < -0.3 is 15.2 Å². The number of carbonyl (C=O) groups is 2. The van der Waals surface area contributed by atoms with E-state index in [4.69, 9.17) is 9.84 Å². The quantitative estimate of drug-likeness (QED) is 0.314. The highest BCUT2D eigenvalue weighted by molar-refractivity contribution is 5.99. The van der Waals surface area contributed by atoms with Crippen LogP contribution in [0.25, 0.3) is 11.1 Å². The van der Waals surface area contributed by atoms with Gasteiger partial charge in [0.25, 0.3) is 0 Å². The number of amides is 2. The number of halogens is 4. The van der Waals surface area contributed by atoms with Gasteiger partial charge in [-0.2, -0.15) is 13.2 Å². The topological polar surface area (TPSA) is 101 Å². The summed E-state index contributed by atoms with van der Waals surface area (Å²) in [5, 5.41) is 13.7. The molecule has 194 valence electrons. The molecule has 2 aromatic carbocycles. The van der Waals surface area contributed by atoms with Gasteiger partial charge in [0.05, 0.1) is 11.2 Å². The maximum absolute atomic E-state index is 15.1. The fraction of sp³-hybridized carbons (Fsp3) is 0.269. The Labute approximate surface area is 209 Å². The number of carboxylic acid groups (broad SMARTS) is 1. The number of hydrogen-bond donors (Lipinski definition) is 3. The average molecular weight is 517 g/mol. The number of urea groups is 1. The third-order valence-corrected chi connectivity index (χ3v) is 6.14. The number of carbonyl (C=O) groups excluding carboxylic acids is 1. The van der Waals surface area contributed by atoms with Crippen LogP contribution in [0.5, 0.6) is 0 Å². The summed E-state index contributed by atoms with van der Waals surface area (Å²) in [6.07, 6.45) is -0.287. The van der Waals surface area contributed by atoms with Gasteiger partial charge in [-0.15, -0.1) is 0 Å². The molecular formula is C26H23F4N3O4. The smallest absolute Gasteiger partial charge is 0.416 e. The molecule has 37 heavy (non-hydrogen) atoms. The maximum Gasteiger partial charge on any atom is 0.416 e. The SMILES string of the molecule is O=C(O)COC1(c2ccc(-c3ccc(NC(=O)Nc4cccc(C(F)(F)F)c4)nc3)c(F)c2)CCCC1. The number of pyridine rings is 1. The van der Waals surface area contributed by atoms with Crippen LogP contribution in [0, 0.1) is 5.82 Å². The molecule has 1 saturated carbocycles. The van der Waals surface area contributed by atoms with Gasteiger partial charge in [-0.1, -0.05) is 31.0 Å². The van der Waals surface area contributed by atoms with Crippen molar-refractivity contribution in [3.05, 3.63) is 77.7 Å². The second kappa shape index (κ2) is 10.6. The number of ether oxygens (including phenoxy) is 1. The third kappa shape index (κ3) is 6.23. The molecule has 7 nitrogen and oxygen atoms in total. The second-order valence-corrected chi connectivity index (χ2v) is 8.67. The van der Waals surface area contributed by atoms with Gasteiger partial charge in [0.1, 0.15) is 18.2 Å². The number of aromatic nitrogens is 1. The minimum atomic E-state index is -4.54. The summed E-state index contributed by atoms with van der Waals surface area (Å²) in [4.78, 5) is 27.3. The Hall–Kier alpha value is -3.99. The van der Waals surface area contributed by atoms with E-state index >= 15 is 4.39 Å². The van der Waals surface area contributed by atoms with Gasteiger partial charge in [-0.3, -0.25) is 5.32 Å². The number of carboxylic acids is 1. The fourth-order valence-corrected chi connectivity index (χ4v) is 4.37.